The van der Waals surface area contributed by atoms with E-state index in [9.17, 15) is 0 Å². The average Bonchev–Trinajstić information content (AvgIpc) is 3.47. The highest BCUT2D eigenvalue weighted by Crippen LogP contribution is 2.60. The van der Waals surface area contributed by atoms with Crippen LogP contribution in [-0.2, 0) is 5.41 Å². The first-order valence-corrected chi connectivity index (χ1v) is 19.1. The van der Waals surface area contributed by atoms with E-state index in [-0.39, 0.29) is 0 Å². The van der Waals surface area contributed by atoms with Gasteiger partial charge in [-0.2, -0.15) is 0 Å². The van der Waals surface area contributed by atoms with Gasteiger partial charge in [-0.3, -0.25) is 0 Å². The Balaban J connectivity index is 1.16. The highest BCUT2D eigenvalue weighted by atomic mass is 16.5. The van der Waals surface area contributed by atoms with Crippen molar-refractivity contribution in [3.63, 3.8) is 0 Å². The van der Waals surface area contributed by atoms with Crippen LogP contribution >= 0.6 is 0 Å². The second-order valence-corrected chi connectivity index (χ2v) is 14.4. The molecule has 0 saturated carbocycles. The number of benzene rings is 9. The predicted octanol–water partition coefficient (Wildman–Crippen LogP) is 14.2. The molecule has 1 aliphatic heterocycles. The Morgan fingerprint density at radius 3 is 1.62 bits per heavy atom. The molecule has 0 spiro atoms. The maximum absolute atomic E-state index is 6.76. The third-order valence-electron chi connectivity index (χ3n) is 11.4. The van der Waals surface area contributed by atoms with Gasteiger partial charge in [0.15, 0.2) is 11.5 Å². The van der Waals surface area contributed by atoms with Crippen LogP contribution in [0.1, 0.15) is 22.3 Å². The predicted molar refractivity (Wildman–Crippen MR) is 228 cm³/mol. The largest absolute Gasteiger partial charge is 0.453 e. The quantitative estimate of drug-likeness (QED) is 0.171. The first-order valence-electron chi connectivity index (χ1n) is 19.1. The van der Waals surface area contributed by atoms with E-state index in [0.29, 0.717) is 11.5 Å². The lowest BCUT2D eigenvalue weighted by Gasteiger charge is -2.34. The summed E-state index contributed by atoms with van der Waals surface area (Å²) in [6, 6.07) is 75.6. The number of nitrogens with zero attached hydrogens (tertiary/aromatic N) is 1. The van der Waals surface area contributed by atoms with Gasteiger partial charge in [-0.05, 0) is 86.8 Å². The molecule has 0 amide bonds. The van der Waals surface area contributed by atoms with Crippen LogP contribution in [0.2, 0.25) is 0 Å². The molecule has 0 radical (unpaired) electrons. The molecule has 3 heteroatoms. The van der Waals surface area contributed by atoms with Crippen molar-refractivity contribution in [2.75, 3.05) is 4.90 Å². The normalized spacial score (nSPS) is 13.1. The van der Waals surface area contributed by atoms with Crippen LogP contribution in [-0.4, -0.2) is 0 Å². The van der Waals surface area contributed by atoms with Gasteiger partial charge in [-0.1, -0.05) is 164 Å². The van der Waals surface area contributed by atoms with Gasteiger partial charge in [0.25, 0.3) is 0 Å². The van der Waals surface area contributed by atoms with E-state index >= 15 is 0 Å². The van der Waals surface area contributed by atoms with Gasteiger partial charge >= 0.3 is 0 Å². The summed E-state index contributed by atoms with van der Waals surface area (Å²) >= 11 is 0. The Labute approximate surface area is 326 Å². The van der Waals surface area contributed by atoms with Crippen LogP contribution in [0.5, 0.6) is 23.0 Å². The van der Waals surface area contributed by atoms with Crippen molar-refractivity contribution in [3.05, 3.63) is 235 Å². The molecule has 1 aliphatic carbocycles. The zero-order chi connectivity index (χ0) is 37.1. The summed E-state index contributed by atoms with van der Waals surface area (Å²) in [5, 5.41) is 2.05. The number of rotatable bonds is 6. The van der Waals surface area contributed by atoms with E-state index in [2.05, 4.69) is 187 Å². The number of hydrogen-bond acceptors (Lipinski definition) is 3. The van der Waals surface area contributed by atoms with E-state index in [1.807, 2.05) is 30.3 Å². The first kappa shape index (κ1) is 32.1. The fourth-order valence-electron chi connectivity index (χ4n) is 9.00. The number of ether oxygens (including phenoxy) is 2. The molecule has 0 N–H and O–H groups in total. The Bertz CT molecular complexity index is 2860. The van der Waals surface area contributed by atoms with Crippen LogP contribution in [0.25, 0.3) is 33.0 Å². The highest BCUT2D eigenvalue weighted by molar-refractivity contribution is 5.98. The minimum Gasteiger partial charge on any atom is -0.453 e. The van der Waals surface area contributed by atoms with Gasteiger partial charge in [-0.25, -0.2) is 0 Å². The lowest BCUT2D eigenvalue weighted by molar-refractivity contribution is 0.439. The molecule has 3 nitrogen and oxygen atoms in total. The van der Waals surface area contributed by atoms with E-state index in [1.54, 1.807) is 0 Å². The molecule has 0 fully saturated rings. The molecular formula is C53H35NO2. The summed E-state index contributed by atoms with van der Waals surface area (Å²) in [4.78, 5) is 2.37. The van der Waals surface area contributed by atoms with Crippen molar-refractivity contribution in [2.24, 2.45) is 0 Å². The fraction of sp³-hybridized carbons (Fsp3) is 0.0189. The summed E-state index contributed by atoms with van der Waals surface area (Å²) in [6.07, 6.45) is 0. The Kier molecular flexibility index (Phi) is 7.39. The number of hydrogen-bond donors (Lipinski definition) is 0. The molecule has 264 valence electrons. The van der Waals surface area contributed by atoms with Crippen LogP contribution in [0.3, 0.4) is 0 Å². The molecular weight excluding hydrogens is 683 g/mol. The molecule has 0 aromatic heterocycles. The molecule has 11 rings (SSSR count). The van der Waals surface area contributed by atoms with Crippen molar-refractivity contribution in [1.82, 2.24) is 0 Å². The minimum absolute atomic E-state index is 0.525. The molecule has 2 aliphatic rings. The zero-order valence-corrected chi connectivity index (χ0v) is 30.5. The summed E-state index contributed by atoms with van der Waals surface area (Å²) in [5.74, 6) is 2.90. The number of anilines is 3. The third-order valence-corrected chi connectivity index (χ3v) is 11.4. The fourth-order valence-corrected chi connectivity index (χ4v) is 9.00. The topological polar surface area (TPSA) is 21.7 Å². The molecule has 9 aromatic rings. The van der Waals surface area contributed by atoms with Gasteiger partial charge in [0, 0.05) is 17.3 Å². The smallest absolute Gasteiger partial charge is 0.172 e. The molecule has 9 aromatic carbocycles. The van der Waals surface area contributed by atoms with Crippen molar-refractivity contribution in [1.29, 1.82) is 0 Å². The minimum atomic E-state index is -0.525. The molecule has 56 heavy (non-hydrogen) atoms. The lowest BCUT2D eigenvalue weighted by atomic mass is 9.68. The lowest BCUT2D eigenvalue weighted by Crippen LogP contribution is -2.28. The SMILES string of the molecule is c1ccc(-c2ccc(N(c3ccc4c(c3)Oc3cccc5cccc(c35)O4)c3cccc4c3-c3ccccc3C4(c3ccccc3)c3ccccc3)cc2)cc1. The highest BCUT2D eigenvalue weighted by Gasteiger charge is 2.47. The van der Waals surface area contributed by atoms with Crippen LogP contribution in [0.4, 0.5) is 17.1 Å². The van der Waals surface area contributed by atoms with E-state index in [4.69, 9.17) is 9.47 Å². The van der Waals surface area contributed by atoms with Gasteiger partial charge < -0.3 is 14.4 Å². The Hall–Kier alpha value is -7.36. The third kappa shape index (κ3) is 4.91. The van der Waals surface area contributed by atoms with Crippen molar-refractivity contribution < 1.29 is 9.47 Å². The maximum atomic E-state index is 6.76. The van der Waals surface area contributed by atoms with Crippen molar-refractivity contribution in [2.45, 2.75) is 5.41 Å². The number of fused-ring (bicyclic) bond motifs is 4. The maximum Gasteiger partial charge on any atom is 0.172 e. The van der Waals surface area contributed by atoms with Gasteiger partial charge in [0.05, 0.1) is 22.2 Å². The van der Waals surface area contributed by atoms with E-state index < -0.39 is 5.41 Å². The van der Waals surface area contributed by atoms with Crippen LogP contribution in [0.15, 0.2) is 212 Å². The van der Waals surface area contributed by atoms with Gasteiger partial charge in [0.2, 0.25) is 0 Å². The average molecular weight is 718 g/mol. The monoisotopic (exact) mass is 717 g/mol. The van der Waals surface area contributed by atoms with E-state index in [1.165, 1.54) is 38.9 Å². The van der Waals surface area contributed by atoms with Crippen LogP contribution < -0.4 is 14.4 Å². The van der Waals surface area contributed by atoms with E-state index in [0.717, 1.165) is 44.9 Å². The summed E-state index contributed by atoms with van der Waals surface area (Å²) < 4.78 is 13.3. The molecule has 1 heterocycles. The summed E-state index contributed by atoms with van der Waals surface area (Å²) in [5.41, 5.74) is 12.3. The molecule has 0 atom stereocenters. The van der Waals surface area contributed by atoms with Gasteiger partial charge in [-0.15, -0.1) is 0 Å². The van der Waals surface area contributed by atoms with Gasteiger partial charge in [0.1, 0.15) is 11.5 Å². The summed E-state index contributed by atoms with van der Waals surface area (Å²) in [7, 11) is 0. The standard InChI is InChI=1S/C53H35NO2/c1-4-15-36(16-5-1)37-29-31-41(32-30-37)54(42-33-34-47-50(35-42)56-49-28-13-18-38-17-12-27-48(55-47)51(38)49)46-26-14-25-45-52(46)43-23-10-11-24-44(43)53(45,39-19-6-2-7-20-39)40-21-8-3-9-22-40/h1-35H. The second kappa shape index (κ2) is 12.9. The Morgan fingerprint density at radius 1 is 0.375 bits per heavy atom. The molecule has 0 bridgehead atoms. The zero-order valence-electron chi connectivity index (χ0n) is 30.5. The first-order chi connectivity index (χ1) is 27.8. The van der Waals surface area contributed by atoms with Crippen LogP contribution in [0, 0.1) is 0 Å². The van der Waals surface area contributed by atoms with Crippen molar-refractivity contribution >= 4 is 27.8 Å². The van der Waals surface area contributed by atoms with Crippen molar-refractivity contribution in [3.8, 4) is 45.3 Å². The Morgan fingerprint density at radius 2 is 0.929 bits per heavy atom. The molecule has 0 unspecified atom stereocenters. The second-order valence-electron chi connectivity index (χ2n) is 14.4. The molecule has 0 saturated heterocycles. The summed E-state index contributed by atoms with van der Waals surface area (Å²) in [6.45, 7) is 0.